The Morgan fingerprint density at radius 1 is 1.19 bits per heavy atom. The molecule has 1 saturated carbocycles. The number of hydrogen-bond acceptors (Lipinski definition) is 6. The molecule has 0 N–H and O–H groups in total. The molecule has 0 spiro atoms. The summed E-state index contributed by atoms with van der Waals surface area (Å²) in [4.78, 5) is 26.5. The summed E-state index contributed by atoms with van der Waals surface area (Å²) < 4.78 is 5.27. The Balaban J connectivity index is 1.40. The van der Waals surface area contributed by atoms with Gasteiger partial charge in [0, 0.05) is 31.4 Å². The molecule has 2 aromatic heterocycles. The summed E-state index contributed by atoms with van der Waals surface area (Å²) in [5, 5.41) is 3.91. The summed E-state index contributed by atoms with van der Waals surface area (Å²) in [6, 6.07) is 1.74. The number of hydrogen-bond donors (Lipinski definition) is 0. The molecule has 2 aromatic rings. The minimum Gasteiger partial charge on any atom is -0.341 e. The molecule has 1 aliphatic carbocycles. The molecule has 3 heterocycles. The van der Waals surface area contributed by atoms with E-state index in [4.69, 9.17) is 4.52 Å². The minimum absolute atomic E-state index is 0.138. The van der Waals surface area contributed by atoms with E-state index < -0.39 is 0 Å². The lowest BCUT2D eigenvalue weighted by atomic mass is 9.83. The summed E-state index contributed by atoms with van der Waals surface area (Å²) in [5.41, 5.74) is 0. The van der Waals surface area contributed by atoms with Crippen molar-refractivity contribution < 1.29 is 9.32 Å². The van der Waals surface area contributed by atoms with Crippen LogP contribution in [0.25, 0.3) is 11.6 Å². The zero-order valence-electron chi connectivity index (χ0n) is 11.5. The summed E-state index contributed by atoms with van der Waals surface area (Å²) in [6.45, 7) is 1.35. The van der Waals surface area contributed by atoms with Crippen LogP contribution in [0, 0.1) is 5.92 Å². The van der Waals surface area contributed by atoms with Gasteiger partial charge >= 0.3 is 0 Å². The van der Waals surface area contributed by atoms with Crippen LogP contribution in [0.15, 0.2) is 23.0 Å². The van der Waals surface area contributed by atoms with Gasteiger partial charge in [0.15, 0.2) is 0 Å². The van der Waals surface area contributed by atoms with Crippen LogP contribution in [0.1, 0.15) is 31.1 Å². The topological polar surface area (TPSA) is 85.0 Å². The highest BCUT2D eigenvalue weighted by atomic mass is 16.5. The lowest BCUT2D eigenvalue weighted by Gasteiger charge is -2.41. The Labute approximate surface area is 121 Å². The van der Waals surface area contributed by atoms with Gasteiger partial charge in [0.2, 0.25) is 23.4 Å². The predicted octanol–water partition coefficient (Wildman–Crippen LogP) is 1.25. The molecule has 1 saturated heterocycles. The normalized spacial score (nSPS) is 19.1. The lowest BCUT2D eigenvalue weighted by molar-refractivity contribution is -0.143. The maximum Gasteiger partial charge on any atom is 0.240 e. The molecule has 0 bridgehead atoms. The zero-order valence-corrected chi connectivity index (χ0v) is 11.5. The van der Waals surface area contributed by atoms with Crippen molar-refractivity contribution in [2.45, 2.75) is 25.2 Å². The van der Waals surface area contributed by atoms with Gasteiger partial charge in [-0.3, -0.25) is 4.79 Å². The van der Waals surface area contributed by atoms with Crippen LogP contribution in [0.3, 0.4) is 0 Å². The third-order valence-corrected chi connectivity index (χ3v) is 4.20. The molecule has 108 valence electrons. The van der Waals surface area contributed by atoms with Crippen LogP contribution in [0.4, 0.5) is 0 Å². The van der Waals surface area contributed by atoms with E-state index in [0.717, 1.165) is 12.8 Å². The third kappa shape index (κ3) is 2.18. The number of carbonyl (C=O) groups excluding carboxylic acids is 1. The molecule has 4 rings (SSSR count). The van der Waals surface area contributed by atoms with Crippen LogP contribution in [0.2, 0.25) is 0 Å². The molecule has 0 aromatic carbocycles. The molecular weight excluding hydrogens is 270 g/mol. The Morgan fingerprint density at radius 3 is 2.62 bits per heavy atom. The van der Waals surface area contributed by atoms with Crippen molar-refractivity contribution in [1.82, 2.24) is 25.0 Å². The minimum atomic E-state index is 0.138. The molecule has 0 radical (unpaired) electrons. The fraction of sp³-hybridized carbons (Fsp3) is 0.500. The van der Waals surface area contributed by atoms with Gasteiger partial charge in [-0.1, -0.05) is 11.6 Å². The van der Waals surface area contributed by atoms with E-state index in [0.29, 0.717) is 30.6 Å². The first-order valence-corrected chi connectivity index (χ1v) is 7.21. The van der Waals surface area contributed by atoms with Crippen LogP contribution in [-0.4, -0.2) is 44.0 Å². The maximum absolute atomic E-state index is 12.1. The highest BCUT2D eigenvalue weighted by molar-refractivity contribution is 5.80. The number of amides is 1. The average Bonchev–Trinajstić information content (AvgIpc) is 2.85. The zero-order chi connectivity index (χ0) is 14.2. The summed E-state index contributed by atoms with van der Waals surface area (Å²) >= 11 is 0. The van der Waals surface area contributed by atoms with E-state index in [2.05, 4.69) is 20.1 Å². The standard InChI is InChI=1S/C14H15N5O2/c20-14(9-3-1-4-9)19-7-10(8-19)13-17-12(18-21-13)11-15-5-2-6-16-11/h2,5-6,9-10H,1,3-4,7-8H2. The molecule has 0 unspecified atom stereocenters. The van der Waals surface area contributed by atoms with Crippen molar-refractivity contribution in [1.29, 1.82) is 0 Å². The van der Waals surface area contributed by atoms with Gasteiger partial charge in [-0.25, -0.2) is 9.97 Å². The first-order chi connectivity index (χ1) is 10.3. The second-order valence-corrected chi connectivity index (χ2v) is 5.60. The Kier molecular flexibility index (Phi) is 2.90. The number of nitrogens with zero attached hydrogens (tertiary/aromatic N) is 5. The van der Waals surface area contributed by atoms with Gasteiger partial charge < -0.3 is 9.42 Å². The van der Waals surface area contributed by atoms with Crippen molar-refractivity contribution in [3.05, 3.63) is 24.4 Å². The fourth-order valence-electron chi connectivity index (χ4n) is 2.63. The molecule has 7 nitrogen and oxygen atoms in total. The second kappa shape index (κ2) is 4.91. The number of rotatable bonds is 3. The summed E-state index contributed by atoms with van der Waals surface area (Å²) in [6.07, 6.45) is 6.53. The van der Waals surface area contributed by atoms with Gasteiger partial charge in [0.1, 0.15) is 0 Å². The largest absolute Gasteiger partial charge is 0.341 e. The number of likely N-dealkylation sites (tertiary alicyclic amines) is 1. The van der Waals surface area contributed by atoms with Crippen LogP contribution < -0.4 is 0 Å². The second-order valence-electron chi connectivity index (χ2n) is 5.60. The van der Waals surface area contributed by atoms with E-state index in [1.54, 1.807) is 18.5 Å². The SMILES string of the molecule is O=C(C1CCC1)N1CC(c2nc(-c3ncccn3)no2)C1. The van der Waals surface area contributed by atoms with Gasteiger partial charge in [-0.15, -0.1) is 0 Å². The van der Waals surface area contributed by atoms with Crippen molar-refractivity contribution in [2.24, 2.45) is 5.92 Å². The summed E-state index contributed by atoms with van der Waals surface area (Å²) in [5.74, 6) is 2.09. The van der Waals surface area contributed by atoms with Gasteiger partial charge in [0.25, 0.3) is 0 Å². The van der Waals surface area contributed by atoms with E-state index in [1.807, 2.05) is 4.90 Å². The first-order valence-electron chi connectivity index (χ1n) is 7.21. The van der Waals surface area contributed by atoms with E-state index in [9.17, 15) is 4.79 Å². The van der Waals surface area contributed by atoms with Gasteiger partial charge in [0.05, 0.1) is 5.92 Å². The number of aromatic nitrogens is 4. The maximum atomic E-state index is 12.1. The van der Waals surface area contributed by atoms with Crippen LogP contribution in [-0.2, 0) is 4.79 Å². The Hall–Kier alpha value is -2.31. The van der Waals surface area contributed by atoms with Gasteiger partial charge in [-0.05, 0) is 18.9 Å². The van der Waals surface area contributed by atoms with Crippen molar-refractivity contribution >= 4 is 5.91 Å². The average molecular weight is 285 g/mol. The highest BCUT2D eigenvalue weighted by Crippen LogP contribution is 2.33. The monoisotopic (exact) mass is 285 g/mol. The Bertz CT molecular complexity index is 646. The highest BCUT2D eigenvalue weighted by Gasteiger charge is 2.39. The fourth-order valence-corrected chi connectivity index (χ4v) is 2.63. The smallest absolute Gasteiger partial charge is 0.240 e. The molecule has 2 aliphatic rings. The van der Waals surface area contributed by atoms with Crippen molar-refractivity contribution in [3.63, 3.8) is 0 Å². The van der Waals surface area contributed by atoms with E-state index >= 15 is 0 Å². The van der Waals surface area contributed by atoms with Crippen molar-refractivity contribution in [3.8, 4) is 11.6 Å². The molecule has 0 atom stereocenters. The third-order valence-electron chi connectivity index (χ3n) is 4.20. The van der Waals surface area contributed by atoms with Crippen LogP contribution in [0.5, 0.6) is 0 Å². The quantitative estimate of drug-likeness (QED) is 0.843. The number of carbonyl (C=O) groups is 1. The predicted molar refractivity (Wildman–Crippen MR) is 72.0 cm³/mol. The Morgan fingerprint density at radius 2 is 1.95 bits per heavy atom. The molecular formula is C14H15N5O2. The van der Waals surface area contributed by atoms with E-state index in [-0.39, 0.29) is 17.7 Å². The van der Waals surface area contributed by atoms with Crippen molar-refractivity contribution in [2.75, 3.05) is 13.1 Å². The molecule has 1 amide bonds. The van der Waals surface area contributed by atoms with Crippen LogP contribution >= 0.6 is 0 Å². The first kappa shape index (κ1) is 12.4. The lowest BCUT2D eigenvalue weighted by Crippen LogP contribution is -2.51. The molecule has 21 heavy (non-hydrogen) atoms. The van der Waals surface area contributed by atoms with E-state index in [1.165, 1.54) is 6.42 Å². The molecule has 2 fully saturated rings. The van der Waals surface area contributed by atoms with Gasteiger partial charge in [-0.2, -0.15) is 4.98 Å². The summed E-state index contributed by atoms with van der Waals surface area (Å²) in [7, 11) is 0. The molecule has 7 heteroatoms. The molecule has 1 aliphatic heterocycles.